The van der Waals surface area contributed by atoms with Gasteiger partial charge in [0, 0.05) is 6.54 Å². The summed E-state index contributed by atoms with van der Waals surface area (Å²) in [6, 6.07) is 20.1. The number of amides is 1. The minimum atomic E-state index is -4.04. The summed E-state index contributed by atoms with van der Waals surface area (Å²) in [5.41, 5.74) is 2.04. The van der Waals surface area contributed by atoms with Gasteiger partial charge in [-0.15, -0.1) is 0 Å². The summed E-state index contributed by atoms with van der Waals surface area (Å²) in [6.07, 6.45) is 0. The van der Waals surface area contributed by atoms with Crippen LogP contribution in [-0.2, 0) is 26.2 Å². The van der Waals surface area contributed by atoms with E-state index in [1.165, 1.54) is 12.1 Å². The van der Waals surface area contributed by atoms with Crippen molar-refractivity contribution in [1.82, 2.24) is 10.0 Å². The highest BCUT2D eigenvalue weighted by Gasteiger charge is 2.31. The van der Waals surface area contributed by atoms with Gasteiger partial charge in [-0.25, -0.2) is 8.42 Å². The van der Waals surface area contributed by atoms with Crippen molar-refractivity contribution in [2.24, 2.45) is 0 Å². The highest BCUT2D eigenvalue weighted by Crippen LogP contribution is 2.19. The molecule has 0 aliphatic carbocycles. The first-order valence-electron chi connectivity index (χ1n) is 9.89. The van der Waals surface area contributed by atoms with Gasteiger partial charge in [0.15, 0.2) is 0 Å². The Balaban J connectivity index is 1.79. The third-order valence-corrected chi connectivity index (χ3v) is 6.27. The number of carbonyl (C=O) groups is 2. The summed E-state index contributed by atoms with van der Waals surface area (Å²) in [5.74, 6) is -1.12. The number of ether oxygens (including phenoxy) is 1. The molecule has 0 saturated heterocycles. The van der Waals surface area contributed by atoms with E-state index in [4.69, 9.17) is 4.74 Å². The summed E-state index contributed by atoms with van der Waals surface area (Å²) in [4.78, 5) is 25.6. The third kappa shape index (κ3) is 5.81. The number of ketones is 1. The fourth-order valence-electron chi connectivity index (χ4n) is 3.00. The van der Waals surface area contributed by atoms with Gasteiger partial charge in [0.25, 0.3) is 5.91 Å². The Morgan fingerprint density at radius 1 is 0.906 bits per heavy atom. The number of Topliss-reactive ketones (excluding diaryl/α,β-unsaturated/α-hetero) is 1. The van der Waals surface area contributed by atoms with Gasteiger partial charge in [-0.2, -0.15) is 4.72 Å². The zero-order chi connectivity index (χ0) is 23.1. The number of hydrogen-bond donors (Lipinski definition) is 2. The van der Waals surface area contributed by atoms with Crippen molar-refractivity contribution in [2.75, 3.05) is 7.11 Å². The lowest BCUT2D eigenvalue weighted by atomic mass is 10.0. The minimum Gasteiger partial charge on any atom is -0.497 e. The molecule has 3 rings (SSSR count). The molecule has 0 fully saturated rings. The predicted octanol–water partition coefficient (Wildman–Crippen LogP) is 2.91. The van der Waals surface area contributed by atoms with Crippen LogP contribution in [0.2, 0.25) is 0 Å². The Morgan fingerprint density at radius 2 is 1.53 bits per heavy atom. The normalized spacial score (nSPS) is 12.1. The largest absolute Gasteiger partial charge is 0.497 e. The molecule has 8 heteroatoms. The second-order valence-corrected chi connectivity index (χ2v) is 8.89. The molecule has 166 valence electrons. The summed E-state index contributed by atoms with van der Waals surface area (Å²) in [7, 11) is -2.49. The molecule has 1 amide bonds. The van der Waals surface area contributed by atoms with Crippen molar-refractivity contribution < 1.29 is 22.7 Å². The molecule has 7 nitrogen and oxygen atoms in total. The van der Waals surface area contributed by atoms with E-state index < -0.39 is 27.8 Å². The Bertz CT molecular complexity index is 1180. The second-order valence-electron chi connectivity index (χ2n) is 7.17. The van der Waals surface area contributed by atoms with Crippen molar-refractivity contribution in [3.05, 3.63) is 95.6 Å². The molecule has 0 aromatic heterocycles. The Labute approximate surface area is 187 Å². The van der Waals surface area contributed by atoms with E-state index in [0.717, 1.165) is 11.1 Å². The Hall–Kier alpha value is -3.49. The SMILES string of the molecule is COc1ccc(CNC(=O)C(=O)C(NS(=O)(=O)c2ccc(C)cc2)c2ccccc2)cc1. The number of nitrogens with one attached hydrogen (secondary N) is 2. The topological polar surface area (TPSA) is 102 Å². The number of aryl methyl sites for hydroxylation is 1. The lowest BCUT2D eigenvalue weighted by Gasteiger charge is -2.18. The van der Waals surface area contributed by atoms with Gasteiger partial charge in [0.05, 0.1) is 12.0 Å². The predicted molar refractivity (Wildman–Crippen MR) is 121 cm³/mol. The molecule has 0 aliphatic heterocycles. The highest BCUT2D eigenvalue weighted by molar-refractivity contribution is 7.89. The Kier molecular flexibility index (Phi) is 7.40. The number of methoxy groups -OCH3 is 1. The lowest BCUT2D eigenvalue weighted by molar-refractivity contribution is -0.139. The molecule has 0 aliphatic rings. The average molecular weight is 453 g/mol. The van der Waals surface area contributed by atoms with Crippen LogP contribution in [0.5, 0.6) is 5.75 Å². The molecule has 0 radical (unpaired) electrons. The molecule has 1 atom stereocenters. The molecular formula is C24H24N2O5S. The summed E-state index contributed by atoms with van der Waals surface area (Å²) in [5, 5.41) is 2.56. The molecule has 1 unspecified atom stereocenters. The number of carbonyl (C=O) groups excluding carboxylic acids is 2. The molecule has 0 bridgehead atoms. The summed E-state index contributed by atoms with van der Waals surface area (Å²) in [6.45, 7) is 1.95. The highest BCUT2D eigenvalue weighted by atomic mass is 32.2. The van der Waals surface area contributed by atoms with Crippen LogP contribution >= 0.6 is 0 Å². The monoisotopic (exact) mass is 452 g/mol. The first kappa shape index (κ1) is 23.2. The molecule has 32 heavy (non-hydrogen) atoms. The van der Waals surface area contributed by atoms with E-state index in [2.05, 4.69) is 10.0 Å². The maximum Gasteiger partial charge on any atom is 0.289 e. The second kappa shape index (κ2) is 10.2. The first-order chi connectivity index (χ1) is 15.3. The molecule has 0 spiro atoms. The van der Waals surface area contributed by atoms with Gasteiger partial charge in [-0.3, -0.25) is 9.59 Å². The maximum absolute atomic E-state index is 13.0. The number of sulfonamides is 1. The minimum absolute atomic E-state index is 0.00970. The molecule has 0 heterocycles. The van der Waals surface area contributed by atoms with E-state index in [1.54, 1.807) is 73.8 Å². The van der Waals surface area contributed by atoms with Gasteiger partial charge < -0.3 is 10.1 Å². The molecule has 3 aromatic rings. The van der Waals surface area contributed by atoms with Crippen LogP contribution in [0.25, 0.3) is 0 Å². The van der Waals surface area contributed by atoms with Gasteiger partial charge in [0.2, 0.25) is 15.8 Å². The number of rotatable bonds is 9. The van der Waals surface area contributed by atoms with E-state index in [9.17, 15) is 18.0 Å². The third-order valence-electron chi connectivity index (χ3n) is 4.84. The molecule has 0 saturated carbocycles. The van der Waals surface area contributed by atoms with E-state index in [0.29, 0.717) is 11.3 Å². The van der Waals surface area contributed by atoms with Crippen molar-refractivity contribution in [3.8, 4) is 5.75 Å². The van der Waals surface area contributed by atoms with E-state index in [-0.39, 0.29) is 11.4 Å². The van der Waals surface area contributed by atoms with Crippen molar-refractivity contribution in [2.45, 2.75) is 24.4 Å². The van der Waals surface area contributed by atoms with Gasteiger partial charge in [-0.1, -0.05) is 60.2 Å². The van der Waals surface area contributed by atoms with Crippen LogP contribution in [0.4, 0.5) is 0 Å². The summed E-state index contributed by atoms with van der Waals surface area (Å²) < 4.78 is 33.3. The fourth-order valence-corrected chi connectivity index (χ4v) is 4.19. The van der Waals surface area contributed by atoms with E-state index in [1.807, 2.05) is 6.92 Å². The standard InChI is InChI=1S/C24H24N2O5S/c1-17-8-14-21(15-9-17)32(29,30)26-22(19-6-4-3-5-7-19)23(27)24(28)25-16-18-10-12-20(31-2)13-11-18/h3-15,22,26H,16H2,1-2H3,(H,25,28). The van der Waals surface area contributed by atoms with Gasteiger partial charge >= 0.3 is 0 Å². The average Bonchev–Trinajstić information content (AvgIpc) is 2.81. The van der Waals surface area contributed by atoms with E-state index >= 15 is 0 Å². The van der Waals surface area contributed by atoms with Gasteiger partial charge in [-0.05, 0) is 42.3 Å². The van der Waals surface area contributed by atoms with Crippen molar-refractivity contribution >= 4 is 21.7 Å². The van der Waals surface area contributed by atoms with Crippen LogP contribution in [-0.4, -0.2) is 27.2 Å². The number of benzene rings is 3. The summed E-state index contributed by atoms with van der Waals surface area (Å²) >= 11 is 0. The smallest absolute Gasteiger partial charge is 0.289 e. The van der Waals surface area contributed by atoms with Crippen LogP contribution in [0.15, 0.2) is 83.8 Å². The molecule has 3 aromatic carbocycles. The quantitative estimate of drug-likeness (QED) is 0.486. The fraction of sp³-hybridized carbons (Fsp3) is 0.167. The Morgan fingerprint density at radius 3 is 2.12 bits per heavy atom. The van der Waals surface area contributed by atoms with Crippen LogP contribution < -0.4 is 14.8 Å². The van der Waals surface area contributed by atoms with Crippen LogP contribution in [0.3, 0.4) is 0 Å². The lowest BCUT2D eigenvalue weighted by Crippen LogP contribution is -2.41. The first-order valence-corrected chi connectivity index (χ1v) is 11.4. The maximum atomic E-state index is 13.0. The molecular weight excluding hydrogens is 428 g/mol. The zero-order valence-corrected chi connectivity index (χ0v) is 18.6. The number of hydrogen-bond acceptors (Lipinski definition) is 5. The van der Waals surface area contributed by atoms with Crippen LogP contribution in [0, 0.1) is 6.92 Å². The van der Waals surface area contributed by atoms with Gasteiger partial charge in [0.1, 0.15) is 11.8 Å². The zero-order valence-electron chi connectivity index (χ0n) is 17.7. The van der Waals surface area contributed by atoms with Crippen molar-refractivity contribution in [1.29, 1.82) is 0 Å². The van der Waals surface area contributed by atoms with Crippen molar-refractivity contribution in [3.63, 3.8) is 0 Å². The molecule has 2 N–H and O–H groups in total. The van der Waals surface area contributed by atoms with Crippen LogP contribution in [0.1, 0.15) is 22.7 Å².